The summed E-state index contributed by atoms with van der Waals surface area (Å²) in [6.07, 6.45) is 0. The number of carbonyl (C=O) groups is 1. The highest BCUT2D eigenvalue weighted by Gasteiger charge is 2.23. The molecule has 7 heteroatoms. The van der Waals surface area contributed by atoms with Gasteiger partial charge in [-0.1, -0.05) is 24.3 Å². The van der Waals surface area contributed by atoms with Crippen molar-refractivity contribution in [3.05, 3.63) is 90.2 Å². The number of carbonyl (C=O) groups excluding carboxylic acids is 1. The van der Waals surface area contributed by atoms with Crippen molar-refractivity contribution < 1.29 is 17.6 Å². The number of rotatable bonds is 6. The van der Waals surface area contributed by atoms with Crippen LogP contribution in [0.15, 0.2) is 83.8 Å². The Morgan fingerprint density at radius 1 is 0.964 bits per heavy atom. The lowest BCUT2D eigenvalue weighted by molar-refractivity contribution is 0.102. The third-order valence-corrected chi connectivity index (χ3v) is 6.04. The van der Waals surface area contributed by atoms with Crippen molar-refractivity contribution in [2.75, 3.05) is 16.2 Å². The van der Waals surface area contributed by atoms with Gasteiger partial charge in [0.15, 0.2) is 0 Å². The van der Waals surface area contributed by atoms with Crippen LogP contribution in [0, 0.1) is 5.82 Å². The Balaban J connectivity index is 1.81. The van der Waals surface area contributed by atoms with Gasteiger partial charge in [-0.3, -0.25) is 9.10 Å². The molecule has 3 rings (SSSR count). The largest absolute Gasteiger partial charge is 0.322 e. The van der Waals surface area contributed by atoms with Crippen LogP contribution in [0.5, 0.6) is 0 Å². The summed E-state index contributed by atoms with van der Waals surface area (Å²) in [4.78, 5) is 12.5. The summed E-state index contributed by atoms with van der Waals surface area (Å²) in [5.41, 5.74) is 1.13. The van der Waals surface area contributed by atoms with E-state index in [9.17, 15) is 17.6 Å². The predicted octanol–water partition coefficient (Wildman–Crippen LogP) is 4.29. The molecule has 5 nitrogen and oxygen atoms in total. The number of hydrogen-bond acceptors (Lipinski definition) is 3. The van der Waals surface area contributed by atoms with Crippen molar-refractivity contribution in [3.63, 3.8) is 0 Å². The lowest BCUT2D eigenvalue weighted by atomic mass is 10.2. The van der Waals surface area contributed by atoms with Crippen LogP contribution in [0.2, 0.25) is 0 Å². The van der Waals surface area contributed by atoms with Gasteiger partial charge in [-0.15, -0.1) is 0 Å². The van der Waals surface area contributed by atoms with Crippen molar-refractivity contribution in [2.45, 2.75) is 11.8 Å². The van der Waals surface area contributed by atoms with Gasteiger partial charge in [-0.2, -0.15) is 0 Å². The minimum absolute atomic E-state index is 0.199. The molecule has 0 aliphatic heterocycles. The van der Waals surface area contributed by atoms with E-state index in [1.807, 2.05) is 0 Å². The average Bonchev–Trinajstić information content (AvgIpc) is 2.69. The molecule has 0 saturated carbocycles. The summed E-state index contributed by atoms with van der Waals surface area (Å²) in [7, 11) is -3.70. The van der Waals surface area contributed by atoms with Crippen LogP contribution in [0.25, 0.3) is 0 Å². The van der Waals surface area contributed by atoms with Crippen LogP contribution < -0.4 is 9.62 Å². The number of benzene rings is 3. The highest BCUT2D eigenvalue weighted by Crippen LogP contribution is 2.24. The van der Waals surface area contributed by atoms with E-state index in [1.54, 1.807) is 55.5 Å². The molecular formula is C21H19FN2O3S. The lowest BCUT2D eigenvalue weighted by Crippen LogP contribution is -2.30. The predicted molar refractivity (Wildman–Crippen MR) is 107 cm³/mol. The van der Waals surface area contributed by atoms with Crippen LogP contribution in [0.3, 0.4) is 0 Å². The van der Waals surface area contributed by atoms with E-state index < -0.39 is 21.7 Å². The van der Waals surface area contributed by atoms with Crippen LogP contribution in [0.4, 0.5) is 15.8 Å². The van der Waals surface area contributed by atoms with Crippen LogP contribution >= 0.6 is 0 Å². The molecule has 144 valence electrons. The number of sulfonamides is 1. The second kappa shape index (κ2) is 8.22. The van der Waals surface area contributed by atoms with Crippen molar-refractivity contribution in [1.29, 1.82) is 0 Å². The smallest absolute Gasteiger partial charge is 0.264 e. The fourth-order valence-electron chi connectivity index (χ4n) is 2.76. The summed E-state index contributed by atoms with van der Waals surface area (Å²) < 4.78 is 40.2. The fraction of sp³-hybridized carbons (Fsp3) is 0.0952. The molecule has 0 aliphatic rings. The molecule has 0 aliphatic carbocycles. The first-order valence-electron chi connectivity index (χ1n) is 8.66. The van der Waals surface area contributed by atoms with Crippen LogP contribution in [0.1, 0.15) is 17.3 Å². The first-order chi connectivity index (χ1) is 13.4. The average molecular weight is 398 g/mol. The van der Waals surface area contributed by atoms with E-state index >= 15 is 0 Å². The molecule has 0 fully saturated rings. The second-order valence-corrected chi connectivity index (χ2v) is 7.86. The maximum absolute atomic E-state index is 13.2. The molecule has 0 aromatic heterocycles. The van der Waals surface area contributed by atoms with Gasteiger partial charge in [0, 0.05) is 17.8 Å². The molecule has 28 heavy (non-hydrogen) atoms. The van der Waals surface area contributed by atoms with E-state index in [4.69, 9.17) is 0 Å². The third-order valence-electron chi connectivity index (χ3n) is 4.12. The Morgan fingerprint density at radius 2 is 1.64 bits per heavy atom. The zero-order valence-corrected chi connectivity index (χ0v) is 16.0. The highest BCUT2D eigenvalue weighted by atomic mass is 32.2. The maximum Gasteiger partial charge on any atom is 0.264 e. The van der Waals surface area contributed by atoms with Crippen molar-refractivity contribution >= 4 is 27.3 Å². The maximum atomic E-state index is 13.2. The summed E-state index contributed by atoms with van der Waals surface area (Å²) in [6, 6.07) is 20.0. The van der Waals surface area contributed by atoms with E-state index in [2.05, 4.69) is 5.32 Å². The molecular weight excluding hydrogens is 379 g/mol. The van der Waals surface area contributed by atoms with Crippen molar-refractivity contribution in [1.82, 2.24) is 0 Å². The number of halogens is 1. The highest BCUT2D eigenvalue weighted by molar-refractivity contribution is 7.92. The fourth-order valence-corrected chi connectivity index (χ4v) is 4.25. The van der Waals surface area contributed by atoms with Gasteiger partial charge >= 0.3 is 0 Å². The third kappa shape index (κ3) is 4.20. The second-order valence-electron chi connectivity index (χ2n) is 5.99. The quantitative estimate of drug-likeness (QED) is 0.673. The van der Waals surface area contributed by atoms with Gasteiger partial charge in [0.25, 0.3) is 15.9 Å². The molecule has 0 atom stereocenters. The van der Waals surface area contributed by atoms with E-state index in [1.165, 1.54) is 34.6 Å². The summed E-state index contributed by atoms with van der Waals surface area (Å²) in [6.45, 7) is 1.98. The normalized spacial score (nSPS) is 11.1. The van der Waals surface area contributed by atoms with E-state index in [0.717, 1.165) is 0 Å². The molecule has 0 bridgehead atoms. The van der Waals surface area contributed by atoms with Gasteiger partial charge in [0.05, 0.1) is 10.6 Å². The minimum Gasteiger partial charge on any atom is -0.322 e. The molecule has 0 saturated heterocycles. The van der Waals surface area contributed by atoms with Crippen LogP contribution in [-0.4, -0.2) is 20.9 Å². The summed E-state index contributed by atoms with van der Waals surface area (Å²) >= 11 is 0. The van der Waals surface area contributed by atoms with Crippen molar-refractivity contribution in [3.8, 4) is 0 Å². The molecule has 1 amide bonds. The molecule has 3 aromatic rings. The first kappa shape index (κ1) is 19.6. The Kier molecular flexibility index (Phi) is 5.75. The zero-order chi connectivity index (χ0) is 20.1. The SMILES string of the molecule is CCN(c1ccc(C(=O)Nc2cccc(F)c2)cc1)S(=O)(=O)c1ccccc1. The number of amides is 1. The summed E-state index contributed by atoms with van der Waals surface area (Å²) in [5.74, 6) is -0.857. The van der Waals surface area contributed by atoms with Crippen molar-refractivity contribution in [2.24, 2.45) is 0 Å². The van der Waals surface area contributed by atoms with Gasteiger partial charge < -0.3 is 5.32 Å². The Hall–Kier alpha value is -3.19. The standard InChI is InChI=1S/C21H19FN2O3S/c1-2-24(28(26,27)20-9-4-3-5-10-20)19-13-11-16(12-14-19)21(25)23-18-8-6-7-17(22)15-18/h3-15H,2H2,1H3,(H,23,25). The number of anilines is 2. The number of nitrogens with zero attached hydrogens (tertiary/aromatic N) is 1. The van der Waals surface area contributed by atoms with Gasteiger partial charge in [-0.25, -0.2) is 12.8 Å². The zero-order valence-electron chi connectivity index (χ0n) is 15.2. The van der Waals surface area contributed by atoms with E-state index in [-0.39, 0.29) is 11.4 Å². The van der Waals surface area contributed by atoms with E-state index in [0.29, 0.717) is 16.9 Å². The van der Waals surface area contributed by atoms with Crippen LogP contribution in [-0.2, 0) is 10.0 Å². The van der Waals surface area contributed by atoms with Gasteiger partial charge in [-0.05, 0) is 61.5 Å². The van der Waals surface area contributed by atoms with Gasteiger partial charge in [0.2, 0.25) is 0 Å². The molecule has 0 radical (unpaired) electrons. The molecule has 0 unspecified atom stereocenters. The topological polar surface area (TPSA) is 66.5 Å². The first-order valence-corrected chi connectivity index (χ1v) is 10.1. The number of nitrogens with one attached hydrogen (secondary N) is 1. The Morgan fingerprint density at radius 3 is 2.25 bits per heavy atom. The minimum atomic E-state index is -3.70. The molecule has 1 N–H and O–H groups in total. The Labute approximate surface area is 163 Å². The Bertz CT molecular complexity index is 1070. The monoisotopic (exact) mass is 398 g/mol. The molecule has 0 heterocycles. The van der Waals surface area contributed by atoms with Gasteiger partial charge in [0.1, 0.15) is 5.82 Å². The molecule has 0 spiro atoms. The molecule has 3 aromatic carbocycles. The lowest BCUT2D eigenvalue weighted by Gasteiger charge is -2.23. The number of hydrogen-bond donors (Lipinski definition) is 1. The summed E-state index contributed by atoms with van der Waals surface area (Å²) in [5, 5.41) is 2.61.